The second kappa shape index (κ2) is 7.06. The second-order valence-electron chi connectivity index (χ2n) is 7.48. The van der Waals surface area contributed by atoms with Gasteiger partial charge in [-0.3, -0.25) is 4.57 Å². The van der Waals surface area contributed by atoms with Gasteiger partial charge in [0.05, 0.1) is 12.2 Å². The molecule has 1 aliphatic heterocycles. The predicted octanol–water partition coefficient (Wildman–Crippen LogP) is 2.98. The molecule has 1 aliphatic carbocycles. The van der Waals surface area contributed by atoms with Gasteiger partial charge in [-0.05, 0) is 61.5 Å². The van der Waals surface area contributed by atoms with Crippen molar-refractivity contribution in [3.05, 3.63) is 50.0 Å². The third-order valence-electron chi connectivity index (χ3n) is 5.70. The van der Waals surface area contributed by atoms with Crippen molar-refractivity contribution >= 4 is 40.3 Å². The summed E-state index contributed by atoms with van der Waals surface area (Å²) in [7, 11) is 0. The van der Waals surface area contributed by atoms with Gasteiger partial charge in [0.15, 0.2) is 5.65 Å². The Kier molecular flexibility index (Phi) is 4.53. The summed E-state index contributed by atoms with van der Waals surface area (Å²) < 4.78 is 1.71. The van der Waals surface area contributed by atoms with Crippen molar-refractivity contribution in [3.63, 3.8) is 0 Å². The molecule has 0 spiro atoms. The summed E-state index contributed by atoms with van der Waals surface area (Å²) in [6, 6.07) is 3.51. The van der Waals surface area contributed by atoms with Gasteiger partial charge in [0.2, 0.25) is 5.95 Å². The van der Waals surface area contributed by atoms with Crippen LogP contribution in [0.15, 0.2) is 23.1 Å². The highest BCUT2D eigenvalue weighted by Crippen LogP contribution is 2.40. The Morgan fingerprint density at radius 2 is 2.18 bits per heavy atom. The van der Waals surface area contributed by atoms with E-state index in [0.29, 0.717) is 33.1 Å². The molecule has 9 heteroatoms. The number of hydrogen-bond acceptors (Lipinski definition) is 5. The van der Waals surface area contributed by atoms with Gasteiger partial charge in [0.1, 0.15) is 5.52 Å². The molecule has 3 aromatic rings. The number of imidazole rings is 1. The van der Waals surface area contributed by atoms with Crippen LogP contribution in [0.4, 0.5) is 5.95 Å². The molecule has 28 heavy (non-hydrogen) atoms. The Bertz CT molecular complexity index is 1100. The molecule has 5 rings (SSSR count). The SMILES string of the molecule is O=c1[nH]c2cnc(NC[C@@H]3CCNC3)nc2n1C1CCc2c(Cl)cc(Cl)cc21. The van der Waals surface area contributed by atoms with Crippen LogP contribution in [0, 0.1) is 5.92 Å². The van der Waals surface area contributed by atoms with Crippen molar-refractivity contribution in [1.29, 1.82) is 0 Å². The van der Waals surface area contributed by atoms with Crippen LogP contribution in [-0.4, -0.2) is 39.2 Å². The maximum Gasteiger partial charge on any atom is 0.328 e. The van der Waals surface area contributed by atoms with Gasteiger partial charge in [-0.25, -0.2) is 9.78 Å². The van der Waals surface area contributed by atoms with Crippen molar-refractivity contribution in [3.8, 4) is 0 Å². The van der Waals surface area contributed by atoms with Gasteiger partial charge in [0, 0.05) is 16.6 Å². The molecule has 0 radical (unpaired) electrons. The zero-order valence-corrected chi connectivity index (χ0v) is 16.6. The number of hydrogen-bond donors (Lipinski definition) is 3. The lowest BCUT2D eigenvalue weighted by Gasteiger charge is -2.15. The number of nitrogens with zero attached hydrogens (tertiary/aromatic N) is 3. The van der Waals surface area contributed by atoms with Crippen LogP contribution in [0.5, 0.6) is 0 Å². The molecule has 3 N–H and O–H groups in total. The molecule has 0 bridgehead atoms. The molecule has 3 heterocycles. The minimum Gasteiger partial charge on any atom is -0.354 e. The van der Waals surface area contributed by atoms with E-state index < -0.39 is 0 Å². The molecule has 146 valence electrons. The molecule has 1 saturated heterocycles. The number of rotatable bonds is 4. The fraction of sp³-hybridized carbons (Fsp3) is 0.421. The van der Waals surface area contributed by atoms with Crippen LogP contribution in [0.1, 0.15) is 30.0 Å². The fourth-order valence-corrected chi connectivity index (χ4v) is 4.91. The molecule has 1 unspecified atom stereocenters. The third-order valence-corrected chi connectivity index (χ3v) is 6.26. The van der Waals surface area contributed by atoms with E-state index in [4.69, 9.17) is 23.2 Å². The highest BCUT2D eigenvalue weighted by Gasteiger charge is 2.29. The number of nitrogens with one attached hydrogen (secondary N) is 3. The molecular weight excluding hydrogens is 399 g/mol. The summed E-state index contributed by atoms with van der Waals surface area (Å²) in [4.78, 5) is 24.6. The molecule has 7 nitrogen and oxygen atoms in total. The highest BCUT2D eigenvalue weighted by atomic mass is 35.5. The molecule has 0 saturated carbocycles. The lowest BCUT2D eigenvalue weighted by molar-refractivity contribution is 0.574. The lowest BCUT2D eigenvalue weighted by Crippen LogP contribution is -2.22. The van der Waals surface area contributed by atoms with Crippen LogP contribution in [0.2, 0.25) is 10.0 Å². The minimum absolute atomic E-state index is 0.144. The fourth-order valence-electron chi connectivity index (χ4n) is 4.30. The van der Waals surface area contributed by atoms with Crippen LogP contribution >= 0.6 is 23.2 Å². The number of benzene rings is 1. The first-order chi connectivity index (χ1) is 13.6. The largest absolute Gasteiger partial charge is 0.354 e. The van der Waals surface area contributed by atoms with Gasteiger partial charge in [-0.2, -0.15) is 4.98 Å². The summed E-state index contributed by atoms with van der Waals surface area (Å²) in [6.07, 6.45) is 4.39. The van der Waals surface area contributed by atoms with Gasteiger partial charge in [0.25, 0.3) is 0 Å². The molecule has 2 atom stereocenters. The number of halogens is 2. The van der Waals surface area contributed by atoms with Gasteiger partial charge in [-0.15, -0.1) is 0 Å². The molecule has 1 fully saturated rings. The third kappa shape index (κ3) is 3.07. The van der Waals surface area contributed by atoms with Gasteiger partial charge < -0.3 is 15.6 Å². The maximum absolute atomic E-state index is 12.7. The second-order valence-corrected chi connectivity index (χ2v) is 8.32. The van der Waals surface area contributed by atoms with E-state index in [2.05, 4.69) is 25.6 Å². The Balaban J connectivity index is 1.52. The Labute approximate surface area is 171 Å². The first-order valence-corrected chi connectivity index (χ1v) is 10.3. The van der Waals surface area contributed by atoms with E-state index in [1.165, 1.54) is 0 Å². The first-order valence-electron chi connectivity index (χ1n) is 9.50. The zero-order chi connectivity index (χ0) is 19.3. The van der Waals surface area contributed by atoms with E-state index in [1.807, 2.05) is 6.07 Å². The Morgan fingerprint density at radius 1 is 1.29 bits per heavy atom. The van der Waals surface area contributed by atoms with Crippen LogP contribution in [-0.2, 0) is 6.42 Å². The Morgan fingerprint density at radius 3 is 3.00 bits per heavy atom. The van der Waals surface area contributed by atoms with Gasteiger partial charge >= 0.3 is 5.69 Å². The number of aromatic amines is 1. The van der Waals surface area contributed by atoms with E-state index in [-0.39, 0.29) is 11.7 Å². The summed E-state index contributed by atoms with van der Waals surface area (Å²) in [5, 5.41) is 7.89. The summed E-state index contributed by atoms with van der Waals surface area (Å²) in [5.74, 6) is 1.10. The molecule has 0 amide bonds. The highest BCUT2D eigenvalue weighted by molar-refractivity contribution is 6.35. The van der Waals surface area contributed by atoms with Crippen LogP contribution < -0.4 is 16.3 Å². The maximum atomic E-state index is 12.7. The topological polar surface area (TPSA) is 87.6 Å². The predicted molar refractivity (Wildman–Crippen MR) is 111 cm³/mol. The quantitative estimate of drug-likeness (QED) is 0.605. The Hall–Kier alpha value is -2.09. The number of fused-ring (bicyclic) bond motifs is 2. The van der Waals surface area contributed by atoms with Crippen molar-refractivity contribution < 1.29 is 0 Å². The standard InChI is InChI=1S/C19H20Cl2N6O/c20-11-5-13-12(14(21)6-11)1-2-16(13)27-17-15(25-19(27)28)9-24-18(26-17)23-8-10-3-4-22-7-10/h5-6,9-10,16,22H,1-4,7-8H2,(H,25,28)(H,23,24,26)/t10-,16?/m1/s1. The smallest absolute Gasteiger partial charge is 0.328 e. The van der Waals surface area contributed by atoms with E-state index in [1.54, 1.807) is 16.8 Å². The molecule has 2 aromatic heterocycles. The number of aromatic nitrogens is 4. The number of anilines is 1. The molecule has 1 aromatic carbocycles. The van der Waals surface area contributed by atoms with Crippen molar-refractivity contribution in [2.45, 2.75) is 25.3 Å². The van der Waals surface area contributed by atoms with E-state index in [0.717, 1.165) is 50.0 Å². The van der Waals surface area contributed by atoms with Crippen molar-refractivity contribution in [2.24, 2.45) is 5.92 Å². The first kappa shape index (κ1) is 18.0. The lowest BCUT2D eigenvalue weighted by atomic mass is 10.1. The van der Waals surface area contributed by atoms with E-state index in [9.17, 15) is 4.79 Å². The van der Waals surface area contributed by atoms with Crippen LogP contribution in [0.3, 0.4) is 0 Å². The zero-order valence-electron chi connectivity index (χ0n) is 15.1. The minimum atomic E-state index is -0.199. The average molecular weight is 419 g/mol. The summed E-state index contributed by atoms with van der Waals surface area (Å²) in [6.45, 7) is 2.87. The average Bonchev–Trinajstić information content (AvgIpc) is 3.38. The molecule has 2 aliphatic rings. The van der Waals surface area contributed by atoms with Crippen LogP contribution in [0.25, 0.3) is 11.2 Å². The monoisotopic (exact) mass is 418 g/mol. The van der Waals surface area contributed by atoms with E-state index >= 15 is 0 Å². The van der Waals surface area contributed by atoms with Crippen molar-refractivity contribution in [1.82, 2.24) is 24.8 Å². The van der Waals surface area contributed by atoms with Gasteiger partial charge in [-0.1, -0.05) is 23.2 Å². The summed E-state index contributed by atoms with van der Waals surface area (Å²) >= 11 is 12.6. The number of H-pyrrole nitrogens is 1. The summed E-state index contributed by atoms with van der Waals surface area (Å²) in [5.41, 5.74) is 3.07. The van der Waals surface area contributed by atoms with Crippen molar-refractivity contribution in [2.75, 3.05) is 25.0 Å². The molecular formula is C19H20Cl2N6O. The normalized spacial score (nSPS) is 21.4.